The van der Waals surface area contributed by atoms with Gasteiger partial charge in [-0.15, -0.1) is 0 Å². The first-order valence-electron chi connectivity index (χ1n) is 4.83. The SMILES string of the molecule is COC(=O)c1nc(-c2ccc(F)c(Br)c2)sc1N. The number of benzene rings is 1. The Morgan fingerprint density at radius 1 is 1.56 bits per heavy atom. The van der Waals surface area contributed by atoms with Crippen molar-refractivity contribution in [1.29, 1.82) is 0 Å². The lowest BCUT2D eigenvalue weighted by atomic mass is 10.2. The van der Waals surface area contributed by atoms with Crippen molar-refractivity contribution in [3.8, 4) is 10.6 Å². The van der Waals surface area contributed by atoms with Gasteiger partial charge in [-0.2, -0.15) is 0 Å². The van der Waals surface area contributed by atoms with Gasteiger partial charge in [0.1, 0.15) is 15.8 Å². The van der Waals surface area contributed by atoms with E-state index in [1.54, 1.807) is 12.1 Å². The van der Waals surface area contributed by atoms with Gasteiger partial charge in [-0.25, -0.2) is 14.2 Å². The van der Waals surface area contributed by atoms with E-state index in [1.807, 2.05) is 0 Å². The molecule has 2 aromatic rings. The minimum absolute atomic E-state index is 0.0814. The van der Waals surface area contributed by atoms with Crippen LogP contribution in [0.5, 0.6) is 0 Å². The van der Waals surface area contributed by atoms with E-state index in [0.717, 1.165) is 11.3 Å². The minimum Gasteiger partial charge on any atom is -0.464 e. The van der Waals surface area contributed by atoms with Crippen LogP contribution in [0.4, 0.5) is 9.39 Å². The van der Waals surface area contributed by atoms with Crippen LogP contribution in [0.25, 0.3) is 10.6 Å². The Kier molecular flexibility index (Phi) is 3.63. The number of methoxy groups -OCH3 is 1. The van der Waals surface area contributed by atoms with Crippen LogP contribution in [0.3, 0.4) is 0 Å². The molecule has 0 spiro atoms. The topological polar surface area (TPSA) is 65.2 Å². The molecule has 0 radical (unpaired) electrons. The Bertz CT molecular complexity index is 615. The van der Waals surface area contributed by atoms with Gasteiger partial charge in [0.25, 0.3) is 0 Å². The molecule has 1 heterocycles. The van der Waals surface area contributed by atoms with E-state index in [4.69, 9.17) is 5.73 Å². The first kappa shape index (κ1) is 13.0. The quantitative estimate of drug-likeness (QED) is 0.859. The summed E-state index contributed by atoms with van der Waals surface area (Å²) in [6.07, 6.45) is 0. The number of ether oxygens (including phenoxy) is 1. The minimum atomic E-state index is -0.587. The lowest BCUT2D eigenvalue weighted by Crippen LogP contribution is -2.04. The van der Waals surface area contributed by atoms with E-state index in [0.29, 0.717) is 15.0 Å². The molecule has 0 aliphatic carbocycles. The number of rotatable bonds is 2. The highest BCUT2D eigenvalue weighted by atomic mass is 79.9. The average Bonchev–Trinajstić information content (AvgIpc) is 2.74. The van der Waals surface area contributed by atoms with Gasteiger partial charge in [0.15, 0.2) is 5.69 Å². The monoisotopic (exact) mass is 330 g/mol. The number of thiazole rings is 1. The van der Waals surface area contributed by atoms with Crippen molar-refractivity contribution in [2.24, 2.45) is 0 Å². The van der Waals surface area contributed by atoms with E-state index in [-0.39, 0.29) is 16.5 Å². The largest absolute Gasteiger partial charge is 0.464 e. The highest BCUT2D eigenvalue weighted by Crippen LogP contribution is 2.32. The third-order valence-corrected chi connectivity index (χ3v) is 3.74. The molecule has 4 nitrogen and oxygen atoms in total. The zero-order valence-corrected chi connectivity index (χ0v) is 11.6. The maximum Gasteiger partial charge on any atom is 0.359 e. The van der Waals surface area contributed by atoms with Gasteiger partial charge in [-0.05, 0) is 34.1 Å². The number of nitrogens with zero attached hydrogens (tertiary/aromatic N) is 1. The van der Waals surface area contributed by atoms with Gasteiger partial charge in [0.2, 0.25) is 0 Å². The van der Waals surface area contributed by atoms with Gasteiger partial charge in [-0.1, -0.05) is 11.3 Å². The fourth-order valence-electron chi connectivity index (χ4n) is 1.33. The van der Waals surface area contributed by atoms with E-state index >= 15 is 0 Å². The van der Waals surface area contributed by atoms with Crippen molar-refractivity contribution >= 4 is 38.2 Å². The molecule has 2 rings (SSSR count). The first-order chi connectivity index (χ1) is 8.52. The zero-order chi connectivity index (χ0) is 13.3. The molecule has 0 unspecified atom stereocenters. The van der Waals surface area contributed by atoms with Crippen molar-refractivity contribution in [3.05, 3.63) is 34.2 Å². The molecule has 18 heavy (non-hydrogen) atoms. The number of esters is 1. The van der Waals surface area contributed by atoms with Crippen LogP contribution in [0, 0.1) is 5.82 Å². The standard InChI is InChI=1S/C11H8BrFN2O2S/c1-17-11(16)8-9(14)18-10(15-8)5-2-3-7(13)6(12)4-5/h2-4H,14H2,1H3. The fraction of sp³-hybridized carbons (Fsp3) is 0.0909. The lowest BCUT2D eigenvalue weighted by Gasteiger charge is -1.98. The molecule has 0 amide bonds. The number of halogens is 2. The second-order valence-electron chi connectivity index (χ2n) is 3.35. The summed E-state index contributed by atoms with van der Waals surface area (Å²) in [6, 6.07) is 4.46. The number of nitrogen functional groups attached to an aromatic ring is 1. The summed E-state index contributed by atoms with van der Waals surface area (Å²) in [7, 11) is 1.26. The normalized spacial score (nSPS) is 10.4. The van der Waals surface area contributed by atoms with Gasteiger partial charge < -0.3 is 10.5 Å². The molecule has 0 aliphatic heterocycles. The van der Waals surface area contributed by atoms with Crippen LogP contribution >= 0.6 is 27.3 Å². The molecule has 1 aromatic heterocycles. The van der Waals surface area contributed by atoms with E-state index in [2.05, 4.69) is 25.7 Å². The molecule has 0 saturated heterocycles. The average molecular weight is 331 g/mol. The molecule has 2 N–H and O–H groups in total. The molecule has 7 heteroatoms. The molecule has 0 saturated carbocycles. The maximum absolute atomic E-state index is 13.1. The summed E-state index contributed by atoms with van der Waals surface area (Å²) >= 11 is 4.24. The first-order valence-corrected chi connectivity index (χ1v) is 6.44. The van der Waals surface area contributed by atoms with Crippen molar-refractivity contribution in [2.45, 2.75) is 0 Å². The van der Waals surface area contributed by atoms with E-state index in [1.165, 1.54) is 13.2 Å². The molecule has 94 valence electrons. The fourth-order valence-corrected chi connectivity index (χ4v) is 2.52. The molecule has 0 fully saturated rings. The smallest absolute Gasteiger partial charge is 0.359 e. The number of carbonyl (C=O) groups excluding carboxylic acids is 1. The van der Waals surface area contributed by atoms with Crippen LogP contribution in [0.1, 0.15) is 10.5 Å². The molecule has 0 bridgehead atoms. The predicted octanol–water partition coefficient (Wildman–Crippen LogP) is 3.08. The third-order valence-electron chi connectivity index (χ3n) is 2.20. The summed E-state index contributed by atoms with van der Waals surface area (Å²) in [5.74, 6) is -0.951. The molecule has 0 atom stereocenters. The summed E-state index contributed by atoms with van der Waals surface area (Å²) in [5, 5.41) is 0.811. The highest BCUT2D eigenvalue weighted by molar-refractivity contribution is 9.10. The van der Waals surface area contributed by atoms with Crippen molar-refractivity contribution in [2.75, 3.05) is 12.8 Å². The van der Waals surface area contributed by atoms with Crippen LogP contribution in [0.15, 0.2) is 22.7 Å². The van der Waals surface area contributed by atoms with Crippen molar-refractivity contribution in [1.82, 2.24) is 4.98 Å². The lowest BCUT2D eigenvalue weighted by molar-refractivity contribution is 0.0596. The predicted molar refractivity (Wildman–Crippen MR) is 71.0 cm³/mol. The third kappa shape index (κ3) is 2.37. The maximum atomic E-state index is 13.1. The van der Waals surface area contributed by atoms with Crippen LogP contribution in [-0.2, 0) is 4.74 Å². The summed E-state index contributed by atoms with van der Waals surface area (Å²) in [6.45, 7) is 0. The molecular weight excluding hydrogens is 323 g/mol. The number of hydrogen-bond acceptors (Lipinski definition) is 5. The summed E-state index contributed by atoms with van der Waals surface area (Å²) < 4.78 is 18.0. The summed E-state index contributed by atoms with van der Waals surface area (Å²) in [5.41, 5.74) is 6.45. The number of hydrogen-bond donors (Lipinski definition) is 1. The van der Waals surface area contributed by atoms with Crippen LogP contribution < -0.4 is 5.73 Å². The Balaban J connectivity index is 2.45. The van der Waals surface area contributed by atoms with E-state index in [9.17, 15) is 9.18 Å². The second-order valence-corrected chi connectivity index (χ2v) is 5.24. The molecule has 0 aliphatic rings. The van der Waals surface area contributed by atoms with E-state index < -0.39 is 5.97 Å². The van der Waals surface area contributed by atoms with Gasteiger partial charge in [0.05, 0.1) is 11.6 Å². The Morgan fingerprint density at radius 3 is 2.89 bits per heavy atom. The van der Waals surface area contributed by atoms with Gasteiger partial charge >= 0.3 is 5.97 Å². The van der Waals surface area contributed by atoms with Crippen LogP contribution in [-0.4, -0.2) is 18.1 Å². The number of aromatic nitrogens is 1. The number of carbonyl (C=O) groups is 1. The Morgan fingerprint density at radius 2 is 2.28 bits per heavy atom. The van der Waals surface area contributed by atoms with Gasteiger partial charge in [-0.3, -0.25) is 0 Å². The number of nitrogens with two attached hydrogens (primary N) is 1. The molecule has 1 aromatic carbocycles. The van der Waals surface area contributed by atoms with Crippen LogP contribution in [0.2, 0.25) is 0 Å². The van der Waals surface area contributed by atoms with Crippen molar-refractivity contribution in [3.63, 3.8) is 0 Å². The van der Waals surface area contributed by atoms with Crippen molar-refractivity contribution < 1.29 is 13.9 Å². The van der Waals surface area contributed by atoms with Gasteiger partial charge in [0, 0.05) is 5.56 Å². The highest BCUT2D eigenvalue weighted by Gasteiger charge is 2.17. The molecular formula is C11H8BrFN2O2S. The zero-order valence-electron chi connectivity index (χ0n) is 9.24. The number of anilines is 1. The Hall–Kier alpha value is -1.47. The second kappa shape index (κ2) is 5.03. The Labute approximate surface area is 115 Å². The summed E-state index contributed by atoms with van der Waals surface area (Å²) in [4.78, 5) is 15.5.